The highest BCUT2D eigenvalue weighted by Crippen LogP contribution is 2.14. The lowest BCUT2D eigenvalue weighted by Crippen LogP contribution is -2.43. The molecule has 0 aliphatic carbocycles. The standard InChI is InChI=1S/C18H24FN3O3/c19-16-5-2-1-4-15(16)18(24)22-8-3-7-21(9-10-22)17(23)12-14-13-20-6-11-25-14/h1-2,4-5,14,20H,3,6-13H2. The second-order valence-corrected chi connectivity index (χ2v) is 6.41. The molecule has 2 aliphatic rings. The predicted molar refractivity (Wildman–Crippen MR) is 90.7 cm³/mol. The van der Waals surface area contributed by atoms with Crippen LogP contribution in [0.2, 0.25) is 0 Å². The molecule has 0 aromatic heterocycles. The van der Waals surface area contributed by atoms with Crippen molar-refractivity contribution < 1.29 is 18.7 Å². The van der Waals surface area contributed by atoms with Gasteiger partial charge in [0.1, 0.15) is 5.82 Å². The minimum atomic E-state index is -0.508. The van der Waals surface area contributed by atoms with E-state index in [-0.39, 0.29) is 23.5 Å². The van der Waals surface area contributed by atoms with Gasteiger partial charge in [0.25, 0.3) is 5.91 Å². The summed E-state index contributed by atoms with van der Waals surface area (Å²) in [6.07, 6.45) is 0.963. The van der Waals surface area contributed by atoms with Gasteiger partial charge in [0.05, 0.1) is 24.7 Å². The summed E-state index contributed by atoms with van der Waals surface area (Å²) in [6, 6.07) is 6.01. The summed E-state index contributed by atoms with van der Waals surface area (Å²) >= 11 is 0. The van der Waals surface area contributed by atoms with Crippen LogP contribution in [0.25, 0.3) is 0 Å². The number of nitrogens with zero attached hydrogens (tertiary/aromatic N) is 2. The number of hydrogen-bond acceptors (Lipinski definition) is 4. The monoisotopic (exact) mass is 349 g/mol. The van der Waals surface area contributed by atoms with Crippen LogP contribution in [0.4, 0.5) is 4.39 Å². The lowest BCUT2D eigenvalue weighted by atomic mass is 10.2. The van der Waals surface area contributed by atoms with E-state index in [1.165, 1.54) is 12.1 Å². The highest BCUT2D eigenvalue weighted by atomic mass is 19.1. The largest absolute Gasteiger partial charge is 0.375 e. The second-order valence-electron chi connectivity index (χ2n) is 6.41. The fourth-order valence-corrected chi connectivity index (χ4v) is 3.25. The SMILES string of the molecule is O=C(CC1CNCCO1)N1CCCN(C(=O)c2ccccc2F)CC1. The van der Waals surface area contributed by atoms with E-state index in [2.05, 4.69) is 5.32 Å². The van der Waals surface area contributed by atoms with Crippen LogP contribution in [-0.4, -0.2) is 73.6 Å². The molecule has 1 aromatic carbocycles. The van der Waals surface area contributed by atoms with Gasteiger partial charge in [-0.05, 0) is 18.6 Å². The third-order valence-electron chi connectivity index (χ3n) is 4.65. The zero-order chi connectivity index (χ0) is 17.6. The zero-order valence-electron chi connectivity index (χ0n) is 14.2. The van der Waals surface area contributed by atoms with Crippen molar-refractivity contribution >= 4 is 11.8 Å². The van der Waals surface area contributed by atoms with E-state index in [1.54, 1.807) is 21.9 Å². The van der Waals surface area contributed by atoms with Crippen molar-refractivity contribution in [3.8, 4) is 0 Å². The van der Waals surface area contributed by atoms with E-state index < -0.39 is 5.82 Å². The van der Waals surface area contributed by atoms with Crippen LogP contribution in [0.5, 0.6) is 0 Å². The van der Waals surface area contributed by atoms with Crippen LogP contribution < -0.4 is 5.32 Å². The molecule has 0 saturated carbocycles. The number of rotatable bonds is 3. The van der Waals surface area contributed by atoms with Gasteiger partial charge in [-0.2, -0.15) is 0 Å². The normalized spacial score (nSPS) is 21.7. The Kier molecular flexibility index (Phi) is 5.99. The molecule has 6 nitrogen and oxygen atoms in total. The Bertz CT molecular complexity index is 619. The van der Waals surface area contributed by atoms with E-state index in [1.807, 2.05) is 0 Å². The van der Waals surface area contributed by atoms with Crippen LogP contribution in [0, 0.1) is 5.82 Å². The van der Waals surface area contributed by atoms with Crippen molar-refractivity contribution in [2.45, 2.75) is 18.9 Å². The van der Waals surface area contributed by atoms with E-state index in [0.29, 0.717) is 52.2 Å². The van der Waals surface area contributed by atoms with Gasteiger partial charge >= 0.3 is 0 Å². The van der Waals surface area contributed by atoms with Crippen LogP contribution in [0.15, 0.2) is 24.3 Å². The summed E-state index contributed by atoms with van der Waals surface area (Å²) in [4.78, 5) is 28.4. The molecule has 1 atom stereocenters. The van der Waals surface area contributed by atoms with Crippen molar-refractivity contribution in [1.29, 1.82) is 0 Å². The molecule has 25 heavy (non-hydrogen) atoms. The molecule has 1 unspecified atom stereocenters. The van der Waals surface area contributed by atoms with Crippen molar-refractivity contribution in [1.82, 2.24) is 15.1 Å². The first kappa shape index (κ1) is 17.8. The maximum atomic E-state index is 13.8. The number of halogens is 1. The summed E-state index contributed by atoms with van der Waals surface area (Å²) < 4.78 is 19.4. The number of nitrogens with one attached hydrogen (secondary N) is 1. The second kappa shape index (κ2) is 8.40. The van der Waals surface area contributed by atoms with Crippen LogP contribution in [0.1, 0.15) is 23.2 Å². The molecule has 2 heterocycles. The number of carbonyl (C=O) groups excluding carboxylic acids is 2. The van der Waals surface area contributed by atoms with Crippen molar-refractivity contribution in [3.05, 3.63) is 35.6 Å². The van der Waals surface area contributed by atoms with E-state index >= 15 is 0 Å². The minimum Gasteiger partial charge on any atom is -0.375 e. The van der Waals surface area contributed by atoms with E-state index in [0.717, 1.165) is 6.54 Å². The molecule has 3 rings (SSSR count). The van der Waals surface area contributed by atoms with Gasteiger partial charge in [0.2, 0.25) is 5.91 Å². The average Bonchev–Trinajstić information content (AvgIpc) is 2.89. The van der Waals surface area contributed by atoms with Gasteiger partial charge in [-0.15, -0.1) is 0 Å². The molecule has 2 aliphatic heterocycles. The van der Waals surface area contributed by atoms with E-state index in [4.69, 9.17) is 4.74 Å². The molecule has 2 saturated heterocycles. The predicted octanol–water partition coefficient (Wildman–Crippen LogP) is 0.879. The van der Waals surface area contributed by atoms with Crippen molar-refractivity contribution in [2.24, 2.45) is 0 Å². The summed E-state index contributed by atoms with van der Waals surface area (Å²) in [5, 5.41) is 3.22. The van der Waals surface area contributed by atoms with Crippen LogP contribution in [0.3, 0.4) is 0 Å². The van der Waals surface area contributed by atoms with Gasteiger partial charge in [-0.3, -0.25) is 9.59 Å². The maximum absolute atomic E-state index is 13.8. The maximum Gasteiger partial charge on any atom is 0.256 e. The summed E-state index contributed by atoms with van der Waals surface area (Å²) in [5.74, 6) is -0.771. The molecule has 0 radical (unpaired) electrons. The number of amides is 2. The molecule has 7 heteroatoms. The van der Waals surface area contributed by atoms with Gasteiger partial charge in [-0.25, -0.2) is 4.39 Å². The number of ether oxygens (including phenoxy) is 1. The highest BCUT2D eigenvalue weighted by molar-refractivity contribution is 5.94. The molecular weight excluding hydrogens is 325 g/mol. The molecule has 2 amide bonds. The van der Waals surface area contributed by atoms with Crippen LogP contribution in [-0.2, 0) is 9.53 Å². The Morgan fingerprint density at radius 3 is 2.68 bits per heavy atom. The number of carbonyl (C=O) groups is 2. The topological polar surface area (TPSA) is 61.9 Å². The van der Waals surface area contributed by atoms with Crippen molar-refractivity contribution in [3.63, 3.8) is 0 Å². The Morgan fingerprint density at radius 1 is 1.16 bits per heavy atom. The molecule has 0 spiro atoms. The van der Waals surface area contributed by atoms with Gasteiger partial charge in [0, 0.05) is 39.3 Å². The lowest BCUT2D eigenvalue weighted by Gasteiger charge is -2.27. The minimum absolute atomic E-state index is 0.0499. The van der Waals surface area contributed by atoms with Gasteiger partial charge < -0.3 is 19.9 Å². The first-order valence-electron chi connectivity index (χ1n) is 8.79. The molecule has 2 fully saturated rings. The molecule has 136 valence electrons. The fraction of sp³-hybridized carbons (Fsp3) is 0.556. The molecule has 1 N–H and O–H groups in total. The third kappa shape index (κ3) is 4.55. The number of hydrogen-bond donors (Lipinski definition) is 1. The fourth-order valence-electron chi connectivity index (χ4n) is 3.25. The summed E-state index contributed by atoms with van der Waals surface area (Å²) in [5.41, 5.74) is 0.0870. The van der Waals surface area contributed by atoms with Crippen LogP contribution >= 0.6 is 0 Å². The Balaban J connectivity index is 1.55. The quantitative estimate of drug-likeness (QED) is 0.880. The first-order chi connectivity index (χ1) is 12.1. The molecular formula is C18H24FN3O3. The lowest BCUT2D eigenvalue weighted by molar-refractivity contribution is -0.134. The highest BCUT2D eigenvalue weighted by Gasteiger charge is 2.26. The molecule has 0 bridgehead atoms. The third-order valence-corrected chi connectivity index (χ3v) is 4.65. The zero-order valence-corrected chi connectivity index (χ0v) is 14.2. The first-order valence-corrected chi connectivity index (χ1v) is 8.79. The molecule has 1 aromatic rings. The smallest absolute Gasteiger partial charge is 0.256 e. The van der Waals surface area contributed by atoms with Gasteiger partial charge in [0.15, 0.2) is 0 Å². The average molecular weight is 349 g/mol. The Morgan fingerprint density at radius 2 is 1.92 bits per heavy atom. The number of benzene rings is 1. The van der Waals surface area contributed by atoms with Crippen molar-refractivity contribution in [2.75, 3.05) is 45.9 Å². The Labute approximate surface area is 146 Å². The number of morpholine rings is 1. The van der Waals surface area contributed by atoms with E-state index in [9.17, 15) is 14.0 Å². The summed E-state index contributed by atoms with van der Waals surface area (Å²) in [7, 11) is 0. The van der Waals surface area contributed by atoms with Gasteiger partial charge in [-0.1, -0.05) is 12.1 Å². The summed E-state index contributed by atoms with van der Waals surface area (Å²) in [6.45, 7) is 4.17. The Hall–Kier alpha value is -1.99.